The topological polar surface area (TPSA) is 75.3 Å². The van der Waals surface area contributed by atoms with Gasteiger partial charge in [0.05, 0.1) is 5.75 Å². The van der Waals surface area contributed by atoms with E-state index >= 15 is 0 Å². The minimum Gasteiger partial charge on any atom is -0.339 e. The Morgan fingerprint density at radius 1 is 1.24 bits per heavy atom. The molecule has 1 unspecified atom stereocenters. The van der Waals surface area contributed by atoms with Crippen molar-refractivity contribution >= 4 is 44.7 Å². The van der Waals surface area contributed by atoms with Crippen LogP contribution in [0.2, 0.25) is 0 Å². The monoisotopic (exact) mass is 340 g/mol. The van der Waals surface area contributed by atoms with Crippen molar-refractivity contribution in [2.75, 3.05) is 10.5 Å². The lowest BCUT2D eigenvalue weighted by molar-refractivity contribution is -0.118. The molecule has 1 aromatic carbocycles. The molecular formula is C13H12N2O3S3. The molecule has 110 valence electrons. The maximum atomic E-state index is 12.2. The molecular weight excluding hydrogens is 328 g/mol. The van der Waals surface area contributed by atoms with Gasteiger partial charge >= 0.3 is 0 Å². The van der Waals surface area contributed by atoms with Crippen LogP contribution in [0, 0.1) is 0 Å². The van der Waals surface area contributed by atoms with Gasteiger partial charge in [0.15, 0.2) is 0 Å². The van der Waals surface area contributed by atoms with Gasteiger partial charge in [-0.15, -0.1) is 23.1 Å². The van der Waals surface area contributed by atoms with E-state index < -0.39 is 10.0 Å². The van der Waals surface area contributed by atoms with E-state index in [2.05, 4.69) is 10.0 Å². The highest BCUT2D eigenvalue weighted by Gasteiger charge is 2.23. The van der Waals surface area contributed by atoms with E-state index in [0.29, 0.717) is 11.4 Å². The van der Waals surface area contributed by atoms with Crippen molar-refractivity contribution in [2.24, 2.45) is 0 Å². The fourth-order valence-electron chi connectivity index (χ4n) is 1.96. The van der Waals surface area contributed by atoms with Gasteiger partial charge in [-0.1, -0.05) is 18.2 Å². The molecule has 1 aliphatic rings. The molecule has 5 nitrogen and oxygen atoms in total. The van der Waals surface area contributed by atoms with Gasteiger partial charge in [0.2, 0.25) is 5.91 Å². The summed E-state index contributed by atoms with van der Waals surface area (Å²) in [6.45, 7) is 0. The first-order valence-electron chi connectivity index (χ1n) is 6.12. The molecule has 1 saturated heterocycles. The second-order valence-electron chi connectivity index (χ2n) is 4.42. The smallest absolute Gasteiger partial charge is 0.271 e. The Bertz CT molecular complexity index is 757. The normalized spacial score (nSPS) is 18.5. The zero-order valence-corrected chi connectivity index (χ0v) is 13.2. The van der Waals surface area contributed by atoms with Gasteiger partial charge in [-0.05, 0) is 29.1 Å². The highest BCUT2D eigenvalue weighted by Crippen LogP contribution is 2.32. The number of carbonyl (C=O) groups excluding carboxylic acids is 1. The van der Waals surface area contributed by atoms with Crippen LogP contribution in [0.25, 0.3) is 0 Å². The summed E-state index contributed by atoms with van der Waals surface area (Å²) in [5.41, 5.74) is 1.36. The zero-order valence-electron chi connectivity index (χ0n) is 10.8. The highest BCUT2D eigenvalue weighted by molar-refractivity contribution is 8.00. The molecule has 2 aromatic rings. The van der Waals surface area contributed by atoms with Crippen molar-refractivity contribution in [1.29, 1.82) is 0 Å². The predicted molar refractivity (Wildman–Crippen MR) is 84.9 cm³/mol. The third-order valence-corrected chi connectivity index (χ3v) is 6.81. The Morgan fingerprint density at radius 3 is 2.76 bits per heavy atom. The van der Waals surface area contributed by atoms with Crippen LogP contribution in [0.5, 0.6) is 0 Å². The molecule has 1 aromatic heterocycles. The fourth-order valence-corrected chi connectivity index (χ4v) is 4.95. The molecule has 1 amide bonds. The van der Waals surface area contributed by atoms with Gasteiger partial charge < -0.3 is 5.32 Å². The van der Waals surface area contributed by atoms with Crippen molar-refractivity contribution in [3.05, 3.63) is 47.3 Å². The molecule has 1 aliphatic heterocycles. The first-order chi connectivity index (χ1) is 10.0. The molecule has 0 saturated carbocycles. The number of anilines is 1. The second-order valence-corrected chi connectivity index (χ2v) is 8.37. The molecule has 0 spiro atoms. The molecule has 1 atom stereocenters. The fraction of sp³-hybridized carbons (Fsp3) is 0.154. The lowest BCUT2D eigenvalue weighted by Gasteiger charge is -2.12. The molecule has 0 aliphatic carbocycles. The van der Waals surface area contributed by atoms with Crippen molar-refractivity contribution < 1.29 is 13.2 Å². The average molecular weight is 340 g/mol. The van der Waals surface area contributed by atoms with Gasteiger partial charge in [0.25, 0.3) is 10.0 Å². The summed E-state index contributed by atoms with van der Waals surface area (Å²) in [4.78, 5) is 11.3. The van der Waals surface area contributed by atoms with Crippen LogP contribution in [0.15, 0.2) is 46.0 Å². The van der Waals surface area contributed by atoms with Gasteiger partial charge in [0, 0.05) is 5.69 Å². The number of sulfonamides is 1. The van der Waals surface area contributed by atoms with Crippen LogP contribution in [0.4, 0.5) is 5.69 Å². The third-order valence-electron chi connectivity index (χ3n) is 2.87. The molecule has 0 bridgehead atoms. The Kier molecular flexibility index (Phi) is 3.92. The first kappa shape index (κ1) is 14.4. The number of benzene rings is 1. The maximum absolute atomic E-state index is 12.2. The average Bonchev–Trinajstić information content (AvgIpc) is 3.09. The first-order valence-corrected chi connectivity index (χ1v) is 9.53. The number of nitrogens with one attached hydrogen (secondary N) is 2. The number of thiophene rings is 1. The Morgan fingerprint density at radius 2 is 2.10 bits per heavy atom. The number of hydrogen-bond donors (Lipinski definition) is 2. The zero-order chi connectivity index (χ0) is 14.9. The van der Waals surface area contributed by atoms with Crippen molar-refractivity contribution in [3.8, 4) is 0 Å². The Labute approximate surface area is 130 Å². The number of amides is 1. The SMILES string of the molecule is O=C1CSC(c2cccc(NS(=O)(=O)c3cccs3)c2)N1. The van der Waals surface area contributed by atoms with Crippen LogP contribution < -0.4 is 10.0 Å². The van der Waals surface area contributed by atoms with Crippen LogP contribution in [-0.4, -0.2) is 20.1 Å². The van der Waals surface area contributed by atoms with E-state index in [9.17, 15) is 13.2 Å². The number of rotatable bonds is 4. The molecule has 2 N–H and O–H groups in total. The van der Waals surface area contributed by atoms with Crippen LogP contribution in [0.3, 0.4) is 0 Å². The quantitative estimate of drug-likeness (QED) is 0.896. The second kappa shape index (κ2) is 5.70. The van der Waals surface area contributed by atoms with E-state index in [1.54, 1.807) is 35.7 Å². The standard InChI is InChI=1S/C13H12N2O3S3/c16-11-8-20-13(14-11)9-3-1-4-10(7-9)15-21(17,18)12-5-2-6-19-12/h1-7,13,15H,8H2,(H,14,16). The van der Waals surface area contributed by atoms with E-state index in [1.807, 2.05) is 6.07 Å². The van der Waals surface area contributed by atoms with Gasteiger partial charge in [-0.3, -0.25) is 9.52 Å². The molecule has 21 heavy (non-hydrogen) atoms. The lowest BCUT2D eigenvalue weighted by atomic mass is 10.2. The summed E-state index contributed by atoms with van der Waals surface area (Å²) < 4.78 is 27.2. The van der Waals surface area contributed by atoms with Gasteiger partial charge in [-0.25, -0.2) is 8.42 Å². The molecule has 0 radical (unpaired) electrons. The Balaban J connectivity index is 1.82. The molecule has 2 heterocycles. The summed E-state index contributed by atoms with van der Waals surface area (Å²) in [7, 11) is -3.55. The molecule has 8 heteroatoms. The van der Waals surface area contributed by atoms with E-state index in [-0.39, 0.29) is 15.5 Å². The Hall–Kier alpha value is -1.51. The van der Waals surface area contributed by atoms with Crippen molar-refractivity contribution in [3.63, 3.8) is 0 Å². The van der Waals surface area contributed by atoms with Crippen molar-refractivity contribution in [2.45, 2.75) is 9.58 Å². The highest BCUT2D eigenvalue weighted by atomic mass is 32.2. The van der Waals surface area contributed by atoms with Gasteiger partial charge in [0.1, 0.15) is 9.58 Å². The number of hydrogen-bond acceptors (Lipinski definition) is 5. The summed E-state index contributed by atoms with van der Waals surface area (Å²) in [5.74, 6) is 0.421. The summed E-state index contributed by atoms with van der Waals surface area (Å²) in [6, 6.07) is 10.3. The largest absolute Gasteiger partial charge is 0.339 e. The van der Waals surface area contributed by atoms with Crippen LogP contribution in [-0.2, 0) is 14.8 Å². The molecule has 3 rings (SSSR count). The summed E-state index contributed by atoms with van der Waals surface area (Å²) in [5, 5.41) is 4.43. The van der Waals surface area contributed by atoms with E-state index in [0.717, 1.165) is 5.56 Å². The van der Waals surface area contributed by atoms with Gasteiger partial charge in [-0.2, -0.15) is 0 Å². The third kappa shape index (κ3) is 3.22. The van der Waals surface area contributed by atoms with E-state index in [4.69, 9.17) is 0 Å². The summed E-state index contributed by atoms with van der Waals surface area (Å²) >= 11 is 2.66. The van der Waals surface area contributed by atoms with Crippen molar-refractivity contribution in [1.82, 2.24) is 5.32 Å². The van der Waals surface area contributed by atoms with Crippen LogP contribution >= 0.6 is 23.1 Å². The van der Waals surface area contributed by atoms with E-state index in [1.165, 1.54) is 23.1 Å². The molecule has 1 fully saturated rings. The number of carbonyl (C=O) groups is 1. The lowest BCUT2D eigenvalue weighted by Crippen LogP contribution is -2.19. The number of thioether (sulfide) groups is 1. The minimum atomic E-state index is -3.55. The maximum Gasteiger partial charge on any atom is 0.271 e. The minimum absolute atomic E-state index is 0.00503. The van der Waals surface area contributed by atoms with Crippen LogP contribution in [0.1, 0.15) is 10.9 Å². The predicted octanol–water partition coefficient (Wildman–Crippen LogP) is 2.41. The summed E-state index contributed by atoms with van der Waals surface area (Å²) in [6.07, 6.45) is 0.